The van der Waals surface area contributed by atoms with Gasteiger partial charge < -0.3 is 10.2 Å². The highest BCUT2D eigenvalue weighted by atomic mass is 35.5. The minimum atomic E-state index is -0.174. The molecular weight excluding hydrogens is 351 g/mol. The zero-order valence-corrected chi connectivity index (χ0v) is 14.8. The first kappa shape index (κ1) is 16.8. The first-order valence-electron chi connectivity index (χ1n) is 6.40. The average molecular weight is 366 g/mol. The molecule has 0 aliphatic heterocycles. The van der Waals surface area contributed by atoms with Crippen molar-refractivity contribution in [2.24, 2.45) is 0 Å². The molecule has 114 valence electrons. The standard InChI is InChI=1S/C14H15Cl3N2OS/c1-19(2)5-3-4-18-14(20)13-12(17)11-9(16)6-8(15)7-10(11)21-13/h6-7H,3-5H2,1-2H3,(H,18,20). The molecule has 7 heteroatoms. The van der Waals surface area contributed by atoms with Gasteiger partial charge in [-0.05, 0) is 39.2 Å². The molecule has 0 bridgehead atoms. The van der Waals surface area contributed by atoms with Gasteiger partial charge in [0.2, 0.25) is 0 Å². The van der Waals surface area contributed by atoms with Crippen molar-refractivity contribution in [1.29, 1.82) is 0 Å². The van der Waals surface area contributed by atoms with Crippen LogP contribution in [0.1, 0.15) is 16.1 Å². The lowest BCUT2D eigenvalue weighted by molar-refractivity contribution is 0.0956. The van der Waals surface area contributed by atoms with Crippen LogP contribution in [0.25, 0.3) is 10.1 Å². The molecule has 0 saturated carbocycles. The second kappa shape index (κ2) is 7.16. The zero-order chi connectivity index (χ0) is 15.6. The third kappa shape index (κ3) is 4.02. The molecular formula is C14H15Cl3N2OS. The number of fused-ring (bicyclic) bond motifs is 1. The van der Waals surface area contributed by atoms with Crippen LogP contribution in [0.3, 0.4) is 0 Å². The van der Waals surface area contributed by atoms with Crippen LogP contribution < -0.4 is 5.32 Å². The Labute approximate surface area is 142 Å². The Morgan fingerprint density at radius 1 is 1.29 bits per heavy atom. The Kier molecular flexibility index (Phi) is 5.74. The quantitative estimate of drug-likeness (QED) is 0.789. The van der Waals surface area contributed by atoms with Crippen LogP contribution in [0.4, 0.5) is 0 Å². The maximum absolute atomic E-state index is 12.2. The SMILES string of the molecule is CN(C)CCCNC(=O)c1sc2cc(Cl)cc(Cl)c2c1Cl. The number of carbonyl (C=O) groups excluding carboxylic acids is 1. The van der Waals surface area contributed by atoms with Crippen LogP contribution in [-0.2, 0) is 0 Å². The van der Waals surface area contributed by atoms with E-state index < -0.39 is 0 Å². The molecule has 1 heterocycles. The summed E-state index contributed by atoms with van der Waals surface area (Å²) < 4.78 is 0.816. The number of hydrogen-bond acceptors (Lipinski definition) is 3. The Balaban J connectivity index is 2.16. The molecule has 3 nitrogen and oxygen atoms in total. The second-order valence-corrected chi connectivity index (χ2v) is 7.19. The van der Waals surface area contributed by atoms with Gasteiger partial charge in [-0.1, -0.05) is 34.8 Å². The number of halogens is 3. The van der Waals surface area contributed by atoms with Crippen molar-refractivity contribution in [3.63, 3.8) is 0 Å². The third-order valence-electron chi connectivity index (χ3n) is 2.92. The van der Waals surface area contributed by atoms with Gasteiger partial charge in [0.25, 0.3) is 5.91 Å². The molecule has 0 spiro atoms. The minimum absolute atomic E-state index is 0.174. The van der Waals surface area contributed by atoms with Crippen LogP contribution in [-0.4, -0.2) is 38.0 Å². The summed E-state index contributed by atoms with van der Waals surface area (Å²) in [6.07, 6.45) is 0.883. The summed E-state index contributed by atoms with van der Waals surface area (Å²) in [6.45, 7) is 1.53. The number of benzene rings is 1. The minimum Gasteiger partial charge on any atom is -0.351 e. The van der Waals surface area contributed by atoms with E-state index in [1.54, 1.807) is 12.1 Å². The predicted octanol–water partition coefficient (Wildman–Crippen LogP) is 4.54. The van der Waals surface area contributed by atoms with Crippen molar-refractivity contribution < 1.29 is 4.79 Å². The van der Waals surface area contributed by atoms with E-state index in [4.69, 9.17) is 34.8 Å². The van der Waals surface area contributed by atoms with Gasteiger partial charge >= 0.3 is 0 Å². The van der Waals surface area contributed by atoms with Crippen molar-refractivity contribution in [2.75, 3.05) is 27.2 Å². The lowest BCUT2D eigenvalue weighted by Crippen LogP contribution is -2.26. The molecule has 1 aromatic heterocycles. The van der Waals surface area contributed by atoms with Gasteiger partial charge in [-0.15, -0.1) is 11.3 Å². The normalized spacial score (nSPS) is 11.3. The Hall–Kier alpha value is -0.520. The Morgan fingerprint density at radius 2 is 2.00 bits per heavy atom. The molecule has 1 aromatic carbocycles. The van der Waals surface area contributed by atoms with Crippen molar-refractivity contribution in [3.8, 4) is 0 Å². The van der Waals surface area contributed by atoms with E-state index in [2.05, 4.69) is 10.2 Å². The molecule has 0 aliphatic rings. The van der Waals surface area contributed by atoms with E-state index in [-0.39, 0.29) is 5.91 Å². The van der Waals surface area contributed by atoms with Crippen LogP contribution in [0.2, 0.25) is 15.1 Å². The molecule has 0 atom stereocenters. The number of hydrogen-bond donors (Lipinski definition) is 1. The topological polar surface area (TPSA) is 32.3 Å². The van der Waals surface area contributed by atoms with Crippen LogP contribution >= 0.6 is 46.1 Å². The zero-order valence-electron chi connectivity index (χ0n) is 11.7. The monoisotopic (exact) mass is 364 g/mol. The summed E-state index contributed by atoms with van der Waals surface area (Å²) >= 11 is 19.7. The maximum Gasteiger partial charge on any atom is 0.262 e. The van der Waals surface area contributed by atoms with Crippen molar-refractivity contribution in [2.45, 2.75) is 6.42 Å². The van der Waals surface area contributed by atoms with Gasteiger partial charge in [0.05, 0.1) is 10.0 Å². The fourth-order valence-electron chi connectivity index (χ4n) is 1.94. The van der Waals surface area contributed by atoms with E-state index in [1.807, 2.05) is 14.1 Å². The summed E-state index contributed by atoms with van der Waals surface area (Å²) in [5, 5.41) is 4.95. The molecule has 0 saturated heterocycles. The molecule has 2 aromatic rings. The fourth-order valence-corrected chi connectivity index (χ4v) is 4.23. The molecule has 21 heavy (non-hydrogen) atoms. The molecule has 1 N–H and O–H groups in total. The van der Waals surface area contributed by atoms with E-state index in [0.29, 0.717) is 31.9 Å². The van der Waals surface area contributed by atoms with E-state index >= 15 is 0 Å². The Bertz CT molecular complexity index is 670. The summed E-state index contributed by atoms with van der Waals surface area (Å²) in [4.78, 5) is 14.7. The van der Waals surface area contributed by atoms with E-state index in [0.717, 1.165) is 17.7 Å². The number of thiophene rings is 1. The van der Waals surface area contributed by atoms with Gasteiger partial charge in [-0.25, -0.2) is 0 Å². The summed E-state index contributed by atoms with van der Waals surface area (Å²) in [7, 11) is 3.99. The highest BCUT2D eigenvalue weighted by Gasteiger charge is 2.19. The van der Waals surface area contributed by atoms with Gasteiger partial charge in [0.15, 0.2) is 0 Å². The third-order valence-corrected chi connectivity index (χ3v) is 5.07. The molecule has 0 radical (unpaired) electrons. The van der Waals surface area contributed by atoms with Crippen LogP contribution in [0.5, 0.6) is 0 Å². The molecule has 0 fully saturated rings. The van der Waals surface area contributed by atoms with E-state index in [9.17, 15) is 4.79 Å². The largest absolute Gasteiger partial charge is 0.351 e. The van der Waals surface area contributed by atoms with Gasteiger partial charge in [-0.3, -0.25) is 4.79 Å². The lowest BCUT2D eigenvalue weighted by atomic mass is 10.2. The van der Waals surface area contributed by atoms with Crippen molar-refractivity contribution in [3.05, 3.63) is 32.1 Å². The highest BCUT2D eigenvalue weighted by Crippen LogP contribution is 2.41. The molecule has 2 rings (SSSR count). The average Bonchev–Trinajstić information content (AvgIpc) is 2.71. The number of carbonyl (C=O) groups is 1. The predicted molar refractivity (Wildman–Crippen MR) is 92.4 cm³/mol. The summed E-state index contributed by atoms with van der Waals surface area (Å²) in [5.74, 6) is -0.174. The highest BCUT2D eigenvalue weighted by molar-refractivity contribution is 7.21. The van der Waals surface area contributed by atoms with Crippen molar-refractivity contribution >= 4 is 62.1 Å². The summed E-state index contributed by atoms with van der Waals surface area (Å²) in [5.41, 5.74) is 0. The number of nitrogens with one attached hydrogen (secondary N) is 1. The number of nitrogens with zero attached hydrogens (tertiary/aromatic N) is 1. The molecule has 0 unspecified atom stereocenters. The fraction of sp³-hybridized carbons (Fsp3) is 0.357. The van der Waals surface area contributed by atoms with Crippen LogP contribution in [0.15, 0.2) is 12.1 Å². The van der Waals surface area contributed by atoms with Gasteiger partial charge in [0, 0.05) is 21.7 Å². The molecule has 0 aliphatic carbocycles. The first-order chi connectivity index (χ1) is 9.90. The number of amides is 1. The molecule has 1 amide bonds. The lowest BCUT2D eigenvalue weighted by Gasteiger charge is -2.09. The maximum atomic E-state index is 12.2. The van der Waals surface area contributed by atoms with E-state index in [1.165, 1.54) is 11.3 Å². The smallest absolute Gasteiger partial charge is 0.262 e. The van der Waals surface area contributed by atoms with Gasteiger partial charge in [-0.2, -0.15) is 0 Å². The van der Waals surface area contributed by atoms with Gasteiger partial charge in [0.1, 0.15) is 4.88 Å². The first-order valence-corrected chi connectivity index (χ1v) is 8.35. The number of rotatable bonds is 5. The second-order valence-electron chi connectivity index (χ2n) is 4.92. The van der Waals surface area contributed by atoms with Crippen LogP contribution in [0, 0.1) is 0 Å². The Morgan fingerprint density at radius 3 is 2.67 bits per heavy atom. The van der Waals surface area contributed by atoms with Crippen molar-refractivity contribution in [1.82, 2.24) is 10.2 Å². The summed E-state index contributed by atoms with van der Waals surface area (Å²) in [6, 6.07) is 3.39.